The van der Waals surface area contributed by atoms with E-state index in [9.17, 15) is 13.2 Å². The van der Waals surface area contributed by atoms with E-state index in [1.807, 2.05) is 55.5 Å². The van der Waals surface area contributed by atoms with Gasteiger partial charge in [0.05, 0.1) is 28.8 Å². The first-order chi connectivity index (χ1) is 24.6. The van der Waals surface area contributed by atoms with Crippen molar-refractivity contribution in [3.63, 3.8) is 0 Å². The maximum Gasteiger partial charge on any atom is 0.275 e. The average Bonchev–Trinajstić information content (AvgIpc) is 3.84. The lowest BCUT2D eigenvalue weighted by Crippen LogP contribution is -2.41. The van der Waals surface area contributed by atoms with Gasteiger partial charge in [0.15, 0.2) is 11.9 Å². The molecule has 51 heavy (non-hydrogen) atoms. The van der Waals surface area contributed by atoms with E-state index in [4.69, 9.17) is 30.8 Å². The molecule has 2 fully saturated rings. The molecule has 10 nitrogen and oxygen atoms in total. The first-order valence-corrected chi connectivity index (χ1v) is 18.9. The first-order valence-electron chi connectivity index (χ1n) is 17.1. The van der Waals surface area contributed by atoms with Gasteiger partial charge in [0.2, 0.25) is 5.28 Å². The molecule has 1 aliphatic heterocycles. The van der Waals surface area contributed by atoms with Gasteiger partial charge in [0, 0.05) is 42.4 Å². The molecule has 4 heterocycles. The van der Waals surface area contributed by atoms with E-state index in [2.05, 4.69) is 4.98 Å². The number of pyridine rings is 1. The summed E-state index contributed by atoms with van der Waals surface area (Å²) in [5.74, 6) is 0. The van der Waals surface area contributed by atoms with Crippen LogP contribution >= 0.6 is 11.6 Å². The fourth-order valence-electron chi connectivity index (χ4n) is 6.84. The Kier molecular flexibility index (Phi) is 8.80. The van der Waals surface area contributed by atoms with Gasteiger partial charge < -0.3 is 18.8 Å². The maximum absolute atomic E-state index is 13.8. The summed E-state index contributed by atoms with van der Waals surface area (Å²) in [5.41, 5.74) is 2.79. The lowest BCUT2D eigenvalue weighted by Gasteiger charge is -2.36. The Balaban J connectivity index is 1.32. The van der Waals surface area contributed by atoms with Crippen LogP contribution in [0, 0.1) is 6.92 Å². The van der Waals surface area contributed by atoms with E-state index in [1.54, 1.807) is 43.6 Å². The fraction of sp³-hybridized carbons (Fsp3) is 0.308. The molecule has 0 amide bonds. The van der Waals surface area contributed by atoms with Crippen LogP contribution in [0.3, 0.4) is 0 Å². The number of aryl methyl sites for hydroxylation is 2. The summed E-state index contributed by atoms with van der Waals surface area (Å²) in [6, 6.07) is 23.8. The van der Waals surface area contributed by atoms with E-state index in [-0.39, 0.29) is 34.7 Å². The summed E-state index contributed by atoms with van der Waals surface area (Å²) >= 11 is 6.66. The lowest BCUT2D eigenvalue weighted by molar-refractivity contribution is -0.197. The van der Waals surface area contributed by atoms with Gasteiger partial charge in [-0.3, -0.25) is 4.79 Å². The number of aromatic nitrogens is 4. The second kappa shape index (κ2) is 13.3. The molecule has 3 aromatic heterocycles. The maximum atomic E-state index is 13.8. The number of nitrogens with zero attached hydrogens (tertiary/aromatic N) is 4. The number of benzene rings is 3. The molecule has 0 spiro atoms. The minimum Gasteiger partial charge on any atom is -0.358 e. The summed E-state index contributed by atoms with van der Waals surface area (Å²) in [4.78, 5) is 23.2. The minimum atomic E-state index is -4.07. The molecule has 8 rings (SSSR count). The normalized spacial score (nSPS) is 17.9. The van der Waals surface area contributed by atoms with E-state index in [0.717, 1.165) is 52.8 Å². The number of ether oxygens (including phenoxy) is 3. The molecule has 1 saturated heterocycles. The molecule has 12 heteroatoms. The van der Waals surface area contributed by atoms with Gasteiger partial charge in [-0.25, -0.2) is 22.4 Å². The highest BCUT2D eigenvalue weighted by Crippen LogP contribution is 2.44. The average molecular weight is 725 g/mol. The molecule has 1 unspecified atom stereocenters. The molecule has 2 atom stereocenters. The van der Waals surface area contributed by atoms with Crippen LogP contribution in [0.5, 0.6) is 0 Å². The number of hydrogen-bond donors (Lipinski definition) is 0. The molecule has 0 bridgehead atoms. The molecule has 0 N–H and O–H groups in total. The van der Waals surface area contributed by atoms with E-state index in [0.29, 0.717) is 34.2 Å². The van der Waals surface area contributed by atoms with Crippen LogP contribution in [0.2, 0.25) is 5.28 Å². The Bertz CT molecular complexity index is 2420. The van der Waals surface area contributed by atoms with Crippen LogP contribution in [0.1, 0.15) is 48.9 Å². The van der Waals surface area contributed by atoms with Crippen LogP contribution in [0.15, 0.2) is 101 Å². The SMILES string of the molecule is Cc1ccc(S(=O)(=O)n2ccc3c(-c4ccc5nc(Cl)nc([C@](COC6CCCCO6)(OC6CC6)c6ccccc6)c5c4)cn(C)c(=O)c32)cc1. The van der Waals surface area contributed by atoms with Gasteiger partial charge in [-0.15, -0.1) is 0 Å². The van der Waals surface area contributed by atoms with Crippen molar-refractivity contribution in [1.82, 2.24) is 18.5 Å². The van der Waals surface area contributed by atoms with Gasteiger partial charge >= 0.3 is 0 Å². The molecule has 6 aromatic rings. The van der Waals surface area contributed by atoms with Crippen molar-refractivity contribution in [2.24, 2.45) is 7.05 Å². The lowest BCUT2D eigenvalue weighted by atomic mass is 9.87. The predicted octanol–water partition coefficient (Wildman–Crippen LogP) is 7.11. The highest BCUT2D eigenvalue weighted by Gasteiger charge is 2.45. The van der Waals surface area contributed by atoms with Crippen LogP contribution < -0.4 is 5.56 Å². The van der Waals surface area contributed by atoms with Crippen molar-refractivity contribution in [2.45, 2.75) is 61.9 Å². The molecule has 0 radical (unpaired) electrons. The van der Waals surface area contributed by atoms with Crippen molar-refractivity contribution in [2.75, 3.05) is 13.2 Å². The smallest absolute Gasteiger partial charge is 0.275 e. The van der Waals surface area contributed by atoms with Gasteiger partial charge in [-0.1, -0.05) is 54.1 Å². The second-order valence-electron chi connectivity index (χ2n) is 13.3. The van der Waals surface area contributed by atoms with Crippen LogP contribution in [-0.2, 0) is 36.9 Å². The highest BCUT2D eigenvalue weighted by molar-refractivity contribution is 7.90. The molecule has 2 aliphatic rings. The quantitative estimate of drug-likeness (QED) is 0.137. The van der Waals surface area contributed by atoms with Crippen LogP contribution in [0.25, 0.3) is 32.9 Å². The Hall–Kier alpha value is -4.39. The van der Waals surface area contributed by atoms with Gasteiger partial charge in [-0.2, -0.15) is 0 Å². The number of halogens is 1. The third-order valence-electron chi connectivity index (χ3n) is 9.67. The number of hydrogen-bond acceptors (Lipinski definition) is 8. The summed E-state index contributed by atoms with van der Waals surface area (Å²) in [7, 11) is -2.45. The largest absolute Gasteiger partial charge is 0.358 e. The molecule has 1 aliphatic carbocycles. The number of rotatable bonds is 10. The van der Waals surface area contributed by atoms with Crippen LogP contribution in [0.4, 0.5) is 0 Å². The summed E-state index contributed by atoms with van der Waals surface area (Å²) in [6.45, 7) is 2.66. The van der Waals surface area contributed by atoms with Crippen LogP contribution in [-0.4, -0.2) is 52.5 Å². The molecule has 262 valence electrons. The van der Waals surface area contributed by atoms with E-state index < -0.39 is 21.2 Å². The summed E-state index contributed by atoms with van der Waals surface area (Å²) < 4.78 is 49.6. The fourth-order valence-corrected chi connectivity index (χ4v) is 8.36. The first kappa shape index (κ1) is 33.7. The van der Waals surface area contributed by atoms with Gasteiger partial charge in [0.1, 0.15) is 5.52 Å². The number of fused-ring (bicyclic) bond motifs is 2. The highest BCUT2D eigenvalue weighted by atomic mass is 35.5. The monoisotopic (exact) mass is 724 g/mol. The standard InChI is InChI=1S/C39H37ClN4O6S/c1-25-11-16-29(17-12-25)51(46,47)44-20-19-30-32(23-43(2)37(45)35(30)44)26-13-18-33-31(22-26)36(42-38(40)41-33)39(50-28-14-15-28,27-8-4-3-5-9-27)24-49-34-10-6-7-21-48-34/h3-5,8-9,11-13,16-20,22-23,28,34H,6-7,10,14-15,21,24H2,1-2H3/t34?,39-/m1/s1. The van der Waals surface area contributed by atoms with E-state index >= 15 is 0 Å². The topological polar surface area (TPSA) is 115 Å². The third kappa shape index (κ3) is 6.27. The van der Waals surface area contributed by atoms with Gasteiger partial charge in [0.25, 0.3) is 15.6 Å². The minimum absolute atomic E-state index is 0.00608. The summed E-state index contributed by atoms with van der Waals surface area (Å²) in [5, 5.41) is 1.25. The zero-order chi connectivity index (χ0) is 35.3. The molecule has 1 saturated carbocycles. The Morgan fingerprint density at radius 3 is 2.47 bits per heavy atom. The Morgan fingerprint density at radius 2 is 1.75 bits per heavy atom. The molecule has 3 aromatic carbocycles. The predicted molar refractivity (Wildman–Crippen MR) is 195 cm³/mol. The Morgan fingerprint density at radius 1 is 0.961 bits per heavy atom. The van der Waals surface area contributed by atoms with Crippen molar-refractivity contribution < 1.29 is 22.6 Å². The van der Waals surface area contributed by atoms with Gasteiger partial charge in [-0.05, 0) is 92.1 Å². The Labute approximate surface area is 300 Å². The second-order valence-corrected chi connectivity index (χ2v) is 15.5. The summed E-state index contributed by atoms with van der Waals surface area (Å²) in [6.07, 6.45) is 7.41. The molecular formula is C39H37ClN4O6S. The van der Waals surface area contributed by atoms with E-state index in [1.165, 1.54) is 10.8 Å². The third-order valence-corrected chi connectivity index (χ3v) is 11.5. The van der Waals surface area contributed by atoms with Crippen molar-refractivity contribution >= 4 is 43.4 Å². The van der Waals surface area contributed by atoms with Crippen molar-refractivity contribution in [3.8, 4) is 11.1 Å². The zero-order valence-electron chi connectivity index (χ0n) is 28.3. The van der Waals surface area contributed by atoms with Crippen molar-refractivity contribution in [1.29, 1.82) is 0 Å². The zero-order valence-corrected chi connectivity index (χ0v) is 29.9. The molecular weight excluding hydrogens is 688 g/mol. The van der Waals surface area contributed by atoms with Crippen molar-refractivity contribution in [3.05, 3.63) is 124 Å².